The highest BCUT2D eigenvalue weighted by Gasteiger charge is 2.30. The predicted molar refractivity (Wildman–Crippen MR) is 81.2 cm³/mol. The van der Waals surface area contributed by atoms with E-state index in [1.54, 1.807) is 12.3 Å². The second-order valence-corrected chi connectivity index (χ2v) is 6.23. The monoisotopic (exact) mass is 310 g/mol. The molecule has 0 atom stereocenters. The minimum Gasteiger partial charge on any atom is -0.493 e. The van der Waals surface area contributed by atoms with Crippen LogP contribution in [0.3, 0.4) is 0 Å². The van der Waals surface area contributed by atoms with Crippen molar-refractivity contribution in [3.63, 3.8) is 0 Å². The van der Waals surface area contributed by atoms with Crippen LogP contribution in [0.2, 0.25) is 0 Å². The van der Waals surface area contributed by atoms with Crippen LogP contribution in [0, 0.1) is 11.7 Å². The standard InChI is InChI=1S/C15H19FN2O2S/c1-21-18-15(19)12-4-11(10-2-3-10)14(5-13(12)16)20-8-9-6-17-7-9/h4-5,9-10,17H,2-3,6-8H2,1H3,(H,18,19). The number of carbonyl (C=O) groups is 1. The van der Waals surface area contributed by atoms with Crippen molar-refractivity contribution in [2.45, 2.75) is 18.8 Å². The lowest BCUT2D eigenvalue weighted by Crippen LogP contribution is -2.45. The third kappa shape index (κ3) is 3.32. The van der Waals surface area contributed by atoms with Crippen molar-refractivity contribution in [3.8, 4) is 5.75 Å². The van der Waals surface area contributed by atoms with Gasteiger partial charge in [-0.1, -0.05) is 11.9 Å². The highest BCUT2D eigenvalue weighted by Crippen LogP contribution is 2.45. The Morgan fingerprint density at radius 1 is 1.48 bits per heavy atom. The Hall–Kier alpha value is -1.27. The number of ether oxygens (including phenoxy) is 1. The predicted octanol–water partition coefficient (Wildman–Crippen LogP) is 2.31. The number of hydrogen-bond acceptors (Lipinski definition) is 4. The summed E-state index contributed by atoms with van der Waals surface area (Å²) < 4.78 is 22.5. The van der Waals surface area contributed by atoms with Crippen LogP contribution >= 0.6 is 11.9 Å². The van der Waals surface area contributed by atoms with E-state index in [1.807, 2.05) is 0 Å². The molecule has 0 aromatic heterocycles. The van der Waals surface area contributed by atoms with Crippen LogP contribution in [-0.4, -0.2) is 31.9 Å². The van der Waals surface area contributed by atoms with E-state index < -0.39 is 11.7 Å². The number of carbonyl (C=O) groups excluding carboxylic acids is 1. The molecule has 1 heterocycles. The average molecular weight is 310 g/mol. The van der Waals surface area contributed by atoms with Gasteiger partial charge in [-0.25, -0.2) is 4.39 Å². The van der Waals surface area contributed by atoms with E-state index in [9.17, 15) is 9.18 Å². The first-order chi connectivity index (χ1) is 10.2. The second-order valence-electron chi connectivity index (χ2n) is 5.61. The number of halogens is 1. The summed E-state index contributed by atoms with van der Waals surface area (Å²) in [5.74, 6) is 0.590. The minimum absolute atomic E-state index is 0.101. The molecule has 2 N–H and O–H groups in total. The number of rotatable bonds is 6. The smallest absolute Gasteiger partial charge is 0.264 e. The van der Waals surface area contributed by atoms with Crippen molar-refractivity contribution < 1.29 is 13.9 Å². The van der Waals surface area contributed by atoms with Gasteiger partial charge in [0.2, 0.25) is 0 Å². The zero-order valence-electron chi connectivity index (χ0n) is 11.9. The lowest BCUT2D eigenvalue weighted by molar-refractivity contribution is 0.0980. The molecule has 1 saturated carbocycles. The Labute approximate surface area is 128 Å². The molecule has 1 aliphatic carbocycles. The number of hydrogen-bond donors (Lipinski definition) is 2. The molecule has 6 heteroatoms. The van der Waals surface area contributed by atoms with Crippen LogP contribution in [0.4, 0.5) is 4.39 Å². The fraction of sp³-hybridized carbons (Fsp3) is 0.533. The molecule has 3 rings (SSSR count). The van der Waals surface area contributed by atoms with E-state index in [2.05, 4.69) is 10.0 Å². The molecule has 2 aliphatic rings. The number of amides is 1. The fourth-order valence-electron chi connectivity index (χ4n) is 2.41. The molecule has 0 radical (unpaired) electrons. The molecule has 1 aromatic carbocycles. The van der Waals surface area contributed by atoms with Crippen molar-refractivity contribution >= 4 is 17.9 Å². The molecule has 1 aliphatic heterocycles. The lowest BCUT2D eigenvalue weighted by Gasteiger charge is -2.27. The highest BCUT2D eigenvalue weighted by molar-refractivity contribution is 7.97. The lowest BCUT2D eigenvalue weighted by atomic mass is 10.0. The van der Waals surface area contributed by atoms with E-state index in [0.29, 0.717) is 24.2 Å². The summed E-state index contributed by atoms with van der Waals surface area (Å²) in [6.45, 7) is 2.51. The van der Waals surface area contributed by atoms with E-state index >= 15 is 0 Å². The Morgan fingerprint density at radius 3 is 2.81 bits per heavy atom. The molecule has 0 bridgehead atoms. The molecule has 0 unspecified atom stereocenters. The van der Waals surface area contributed by atoms with Gasteiger partial charge in [-0.2, -0.15) is 0 Å². The van der Waals surface area contributed by atoms with Crippen LogP contribution in [0.25, 0.3) is 0 Å². The summed E-state index contributed by atoms with van der Waals surface area (Å²) in [4.78, 5) is 11.9. The van der Waals surface area contributed by atoms with E-state index in [1.165, 1.54) is 18.0 Å². The first-order valence-corrected chi connectivity index (χ1v) is 8.41. The van der Waals surface area contributed by atoms with Crippen molar-refractivity contribution in [2.24, 2.45) is 5.92 Å². The minimum atomic E-state index is -0.521. The van der Waals surface area contributed by atoms with Gasteiger partial charge < -0.3 is 10.1 Å². The summed E-state index contributed by atoms with van der Waals surface area (Å²) in [6, 6.07) is 3.03. The van der Waals surface area contributed by atoms with Gasteiger partial charge >= 0.3 is 0 Å². The molecule has 21 heavy (non-hydrogen) atoms. The fourth-order valence-corrected chi connectivity index (χ4v) is 2.70. The zero-order valence-corrected chi connectivity index (χ0v) is 12.8. The largest absolute Gasteiger partial charge is 0.493 e. The van der Waals surface area contributed by atoms with Gasteiger partial charge in [0.15, 0.2) is 0 Å². The van der Waals surface area contributed by atoms with Crippen LogP contribution in [0.15, 0.2) is 12.1 Å². The Balaban J connectivity index is 1.81. The summed E-state index contributed by atoms with van der Waals surface area (Å²) in [6.07, 6.45) is 3.90. The zero-order chi connectivity index (χ0) is 14.8. The van der Waals surface area contributed by atoms with E-state index in [-0.39, 0.29) is 5.56 Å². The second kappa shape index (κ2) is 6.23. The molecule has 1 aromatic rings. The van der Waals surface area contributed by atoms with Crippen molar-refractivity contribution in [1.82, 2.24) is 10.0 Å². The van der Waals surface area contributed by atoms with Gasteiger partial charge in [-0.05, 0) is 30.4 Å². The normalized spacial score (nSPS) is 18.2. The first kappa shape index (κ1) is 14.7. The summed E-state index contributed by atoms with van der Waals surface area (Å²) in [7, 11) is 0. The molecule has 4 nitrogen and oxygen atoms in total. The van der Waals surface area contributed by atoms with E-state index in [4.69, 9.17) is 4.74 Å². The average Bonchev–Trinajstić information content (AvgIpc) is 3.21. The Kier molecular flexibility index (Phi) is 4.35. The van der Waals surface area contributed by atoms with Crippen LogP contribution in [0.1, 0.15) is 34.7 Å². The molecule has 0 spiro atoms. The molecule has 1 saturated heterocycles. The first-order valence-electron chi connectivity index (χ1n) is 7.19. The van der Waals surface area contributed by atoms with Crippen LogP contribution in [0.5, 0.6) is 5.75 Å². The van der Waals surface area contributed by atoms with Crippen molar-refractivity contribution in [1.29, 1.82) is 0 Å². The van der Waals surface area contributed by atoms with Crippen molar-refractivity contribution in [2.75, 3.05) is 26.0 Å². The Morgan fingerprint density at radius 2 is 2.24 bits per heavy atom. The third-order valence-electron chi connectivity index (χ3n) is 3.90. The van der Waals surface area contributed by atoms with Gasteiger partial charge in [-0.3, -0.25) is 9.52 Å². The Bertz CT molecular complexity index is 545. The molecular formula is C15H19FN2O2S. The topological polar surface area (TPSA) is 50.4 Å². The third-order valence-corrected chi connectivity index (χ3v) is 4.29. The van der Waals surface area contributed by atoms with Crippen LogP contribution in [-0.2, 0) is 0 Å². The molecule has 114 valence electrons. The number of benzene rings is 1. The van der Waals surface area contributed by atoms with Gasteiger partial charge in [0, 0.05) is 31.3 Å². The van der Waals surface area contributed by atoms with Crippen LogP contribution < -0.4 is 14.8 Å². The van der Waals surface area contributed by atoms with Gasteiger partial charge in [0.05, 0.1) is 12.2 Å². The SMILES string of the molecule is CSNC(=O)c1cc(C2CC2)c(OCC2CNC2)cc1F. The van der Waals surface area contributed by atoms with Gasteiger partial charge in [-0.15, -0.1) is 0 Å². The maximum absolute atomic E-state index is 14.1. The summed E-state index contributed by atoms with van der Waals surface area (Å²) in [5.41, 5.74) is 1.07. The number of nitrogens with one attached hydrogen (secondary N) is 2. The quantitative estimate of drug-likeness (QED) is 0.792. The summed E-state index contributed by atoms with van der Waals surface area (Å²) >= 11 is 1.17. The maximum Gasteiger partial charge on any atom is 0.264 e. The highest BCUT2D eigenvalue weighted by atomic mass is 32.2. The molecule has 1 amide bonds. The van der Waals surface area contributed by atoms with E-state index in [0.717, 1.165) is 31.5 Å². The van der Waals surface area contributed by atoms with Crippen molar-refractivity contribution in [3.05, 3.63) is 29.1 Å². The van der Waals surface area contributed by atoms with Gasteiger partial charge in [0.1, 0.15) is 11.6 Å². The molecule has 2 fully saturated rings. The van der Waals surface area contributed by atoms with Gasteiger partial charge in [0.25, 0.3) is 5.91 Å². The molecular weight excluding hydrogens is 291 g/mol. The maximum atomic E-state index is 14.1. The summed E-state index contributed by atoms with van der Waals surface area (Å²) in [5, 5.41) is 3.19.